The van der Waals surface area contributed by atoms with Crippen molar-refractivity contribution in [3.8, 4) is 0 Å². The molecule has 1 unspecified atom stereocenters. The molecule has 0 radical (unpaired) electrons. The fourth-order valence-electron chi connectivity index (χ4n) is 3.22. The highest BCUT2D eigenvalue weighted by Gasteiger charge is 2.25. The monoisotopic (exact) mass is 284 g/mol. The van der Waals surface area contributed by atoms with Crippen molar-refractivity contribution in [2.45, 2.75) is 25.4 Å². The van der Waals surface area contributed by atoms with E-state index >= 15 is 0 Å². The predicted molar refractivity (Wildman–Crippen MR) is 85.2 cm³/mol. The van der Waals surface area contributed by atoms with E-state index in [1.54, 1.807) is 0 Å². The fraction of sp³-hybridized carbons (Fsp3) is 0.471. The Hall–Kier alpha value is -1.65. The molecule has 4 nitrogen and oxygen atoms in total. The van der Waals surface area contributed by atoms with Gasteiger partial charge in [-0.15, -0.1) is 0 Å². The van der Waals surface area contributed by atoms with Gasteiger partial charge in [-0.1, -0.05) is 24.3 Å². The molecule has 1 aliphatic rings. The standard InChI is InChI=1S/C17H24N4/c1-18-12-16-11-14-5-3-4-6-15(14)13-21(16)9-7-17-19-8-10-20(17)2/h3-6,8,10,16,18H,7,9,11-13H2,1-2H3. The van der Waals surface area contributed by atoms with Crippen LogP contribution >= 0.6 is 0 Å². The van der Waals surface area contributed by atoms with Crippen LogP contribution in [0.25, 0.3) is 0 Å². The van der Waals surface area contributed by atoms with E-state index in [-0.39, 0.29) is 0 Å². The van der Waals surface area contributed by atoms with Crippen LogP contribution in [-0.4, -0.2) is 40.6 Å². The first-order chi connectivity index (χ1) is 10.3. The number of imidazole rings is 1. The van der Waals surface area contributed by atoms with Gasteiger partial charge in [0.05, 0.1) is 0 Å². The second-order valence-corrected chi connectivity index (χ2v) is 5.86. The zero-order valence-corrected chi connectivity index (χ0v) is 12.9. The highest BCUT2D eigenvalue weighted by Crippen LogP contribution is 2.23. The molecule has 0 fully saturated rings. The van der Waals surface area contributed by atoms with Crippen LogP contribution in [0.1, 0.15) is 17.0 Å². The van der Waals surface area contributed by atoms with Crippen molar-refractivity contribution in [3.63, 3.8) is 0 Å². The molecule has 0 amide bonds. The van der Waals surface area contributed by atoms with Gasteiger partial charge in [0.1, 0.15) is 5.82 Å². The van der Waals surface area contributed by atoms with E-state index < -0.39 is 0 Å². The number of rotatable bonds is 5. The van der Waals surface area contributed by atoms with E-state index in [1.807, 2.05) is 19.4 Å². The lowest BCUT2D eigenvalue weighted by atomic mass is 9.93. The molecular formula is C17H24N4. The normalized spacial score (nSPS) is 18.7. The molecule has 2 heterocycles. The second-order valence-electron chi connectivity index (χ2n) is 5.86. The van der Waals surface area contributed by atoms with Gasteiger partial charge in [-0.25, -0.2) is 4.98 Å². The summed E-state index contributed by atoms with van der Waals surface area (Å²) in [6.45, 7) is 3.15. The molecule has 2 aromatic rings. The Bertz CT molecular complexity index is 590. The number of nitrogens with one attached hydrogen (secondary N) is 1. The lowest BCUT2D eigenvalue weighted by Crippen LogP contribution is -2.46. The third-order valence-electron chi connectivity index (χ3n) is 4.45. The highest BCUT2D eigenvalue weighted by atomic mass is 15.2. The van der Waals surface area contributed by atoms with Crippen molar-refractivity contribution >= 4 is 0 Å². The molecule has 1 atom stereocenters. The molecule has 0 aliphatic carbocycles. The SMILES string of the molecule is CNCC1Cc2ccccc2CN1CCc1nccn1C. The van der Waals surface area contributed by atoms with Crippen LogP contribution in [-0.2, 0) is 26.4 Å². The Morgan fingerprint density at radius 3 is 2.81 bits per heavy atom. The van der Waals surface area contributed by atoms with Crippen molar-refractivity contribution in [1.82, 2.24) is 19.8 Å². The van der Waals surface area contributed by atoms with Gasteiger partial charge in [0.2, 0.25) is 0 Å². The minimum atomic E-state index is 0.574. The molecule has 4 heteroatoms. The number of fused-ring (bicyclic) bond motifs is 1. The average molecular weight is 284 g/mol. The summed E-state index contributed by atoms with van der Waals surface area (Å²) in [5, 5.41) is 3.34. The molecule has 21 heavy (non-hydrogen) atoms. The van der Waals surface area contributed by atoms with Crippen LogP contribution in [0.5, 0.6) is 0 Å². The Morgan fingerprint density at radius 1 is 1.29 bits per heavy atom. The first-order valence-corrected chi connectivity index (χ1v) is 7.69. The fourth-order valence-corrected chi connectivity index (χ4v) is 3.22. The summed E-state index contributed by atoms with van der Waals surface area (Å²) in [7, 11) is 4.11. The summed E-state index contributed by atoms with van der Waals surface area (Å²) in [6.07, 6.45) is 6.04. The molecular weight excluding hydrogens is 260 g/mol. The zero-order chi connectivity index (χ0) is 14.7. The van der Waals surface area contributed by atoms with E-state index in [9.17, 15) is 0 Å². The van der Waals surface area contributed by atoms with Crippen LogP contribution in [0.2, 0.25) is 0 Å². The number of aromatic nitrogens is 2. The van der Waals surface area contributed by atoms with E-state index in [2.05, 4.69) is 51.1 Å². The molecule has 1 aromatic heterocycles. The van der Waals surface area contributed by atoms with Gasteiger partial charge in [0.25, 0.3) is 0 Å². The van der Waals surface area contributed by atoms with Gasteiger partial charge in [-0.2, -0.15) is 0 Å². The predicted octanol–water partition coefficient (Wildman–Crippen LogP) is 1.61. The first kappa shape index (κ1) is 14.3. The van der Waals surface area contributed by atoms with Crippen molar-refractivity contribution in [2.75, 3.05) is 20.1 Å². The summed E-state index contributed by atoms with van der Waals surface area (Å²) >= 11 is 0. The van der Waals surface area contributed by atoms with Crippen molar-refractivity contribution < 1.29 is 0 Å². The number of nitrogens with zero attached hydrogens (tertiary/aromatic N) is 3. The summed E-state index contributed by atoms with van der Waals surface area (Å²) in [5.74, 6) is 1.16. The Labute approximate surface area is 126 Å². The third-order valence-corrected chi connectivity index (χ3v) is 4.45. The smallest absolute Gasteiger partial charge is 0.109 e. The number of benzene rings is 1. The molecule has 0 spiro atoms. The molecule has 0 saturated heterocycles. The summed E-state index contributed by atoms with van der Waals surface area (Å²) in [6, 6.07) is 9.41. The Kier molecular flexibility index (Phi) is 4.36. The quantitative estimate of drug-likeness (QED) is 0.905. The molecule has 1 aromatic carbocycles. The maximum atomic E-state index is 4.44. The Balaban J connectivity index is 1.71. The van der Waals surface area contributed by atoms with Gasteiger partial charge in [-0.3, -0.25) is 4.90 Å². The maximum absolute atomic E-state index is 4.44. The first-order valence-electron chi connectivity index (χ1n) is 7.69. The minimum absolute atomic E-state index is 0.574. The van der Waals surface area contributed by atoms with Crippen LogP contribution in [0.3, 0.4) is 0 Å². The van der Waals surface area contributed by atoms with E-state index in [4.69, 9.17) is 0 Å². The molecule has 3 rings (SSSR count). The maximum Gasteiger partial charge on any atom is 0.109 e. The van der Waals surface area contributed by atoms with E-state index in [0.717, 1.165) is 38.3 Å². The third kappa shape index (κ3) is 3.17. The van der Waals surface area contributed by atoms with Gasteiger partial charge in [0.15, 0.2) is 0 Å². The number of aryl methyl sites for hydroxylation is 1. The van der Waals surface area contributed by atoms with Crippen LogP contribution < -0.4 is 5.32 Å². The van der Waals surface area contributed by atoms with Crippen molar-refractivity contribution in [3.05, 3.63) is 53.6 Å². The number of hydrogen-bond acceptors (Lipinski definition) is 3. The lowest BCUT2D eigenvalue weighted by molar-refractivity contribution is 0.170. The van der Waals surface area contributed by atoms with Gasteiger partial charge >= 0.3 is 0 Å². The number of hydrogen-bond donors (Lipinski definition) is 1. The number of likely N-dealkylation sites (N-methyl/N-ethyl adjacent to an activating group) is 1. The van der Waals surface area contributed by atoms with E-state index in [1.165, 1.54) is 11.1 Å². The highest BCUT2D eigenvalue weighted by molar-refractivity contribution is 5.30. The minimum Gasteiger partial charge on any atom is -0.338 e. The summed E-state index contributed by atoms with van der Waals surface area (Å²) < 4.78 is 2.12. The summed E-state index contributed by atoms with van der Waals surface area (Å²) in [5.41, 5.74) is 2.98. The van der Waals surface area contributed by atoms with Crippen LogP contribution in [0.15, 0.2) is 36.7 Å². The second kappa shape index (κ2) is 6.41. The molecule has 0 saturated carbocycles. The Morgan fingerprint density at radius 2 is 2.10 bits per heavy atom. The summed E-state index contributed by atoms with van der Waals surface area (Å²) in [4.78, 5) is 7.03. The van der Waals surface area contributed by atoms with Crippen LogP contribution in [0.4, 0.5) is 0 Å². The topological polar surface area (TPSA) is 33.1 Å². The average Bonchev–Trinajstić information content (AvgIpc) is 2.90. The zero-order valence-electron chi connectivity index (χ0n) is 12.9. The molecule has 1 N–H and O–H groups in total. The van der Waals surface area contributed by atoms with E-state index in [0.29, 0.717) is 6.04 Å². The molecule has 0 bridgehead atoms. The molecule has 112 valence electrons. The van der Waals surface area contributed by atoms with Gasteiger partial charge < -0.3 is 9.88 Å². The lowest BCUT2D eigenvalue weighted by Gasteiger charge is -2.37. The van der Waals surface area contributed by atoms with Gasteiger partial charge in [0, 0.05) is 51.5 Å². The largest absolute Gasteiger partial charge is 0.338 e. The van der Waals surface area contributed by atoms with Gasteiger partial charge in [-0.05, 0) is 24.6 Å². The van der Waals surface area contributed by atoms with Crippen molar-refractivity contribution in [2.24, 2.45) is 7.05 Å². The van der Waals surface area contributed by atoms with Crippen LogP contribution in [0, 0.1) is 0 Å². The van der Waals surface area contributed by atoms with Crippen molar-refractivity contribution in [1.29, 1.82) is 0 Å². The molecule has 1 aliphatic heterocycles.